The third-order valence-corrected chi connectivity index (χ3v) is 6.13. The lowest BCUT2D eigenvalue weighted by atomic mass is 10.1. The van der Waals surface area contributed by atoms with Crippen molar-refractivity contribution in [3.8, 4) is 17.0 Å². The highest BCUT2D eigenvalue weighted by Gasteiger charge is 2.16. The molecule has 0 saturated carbocycles. The Morgan fingerprint density at radius 3 is 2.75 bits per heavy atom. The maximum atomic E-state index is 12.5. The lowest BCUT2D eigenvalue weighted by Gasteiger charge is -2.26. The van der Waals surface area contributed by atoms with E-state index in [0.717, 1.165) is 59.7 Å². The van der Waals surface area contributed by atoms with Crippen molar-refractivity contribution in [3.63, 3.8) is 0 Å². The second-order valence-electron chi connectivity index (χ2n) is 7.49. The van der Waals surface area contributed by atoms with Gasteiger partial charge in [-0.2, -0.15) is 0 Å². The fraction of sp³-hybridized carbons (Fsp3) is 0.333. The molecule has 0 spiro atoms. The number of carbonyl (C=O) groups excluding carboxylic acids is 1. The van der Waals surface area contributed by atoms with Crippen molar-refractivity contribution in [1.82, 2.24) is 4.98 Å². The Kier molecular flexibility index (Phi) is 7.36. The quantitative estimate of drug-likeness (QED) is 0.551. The van der Waals surface area contributed by atoms with E-state index >= 15 is 0 Å². The third-order valence-electron chi connectivity index (χ3n) is 5.23. The third kappa shape index (κ3) is 5.64. The number of anilines is 2. The van der Waals surface area contributed by atoms with E-state index in [1.54, 1.807) is 25.4 Å². The summed E-state index contributed by atoms with van der Waals surface area (Å²) in [7, 11) is 1.62. The molecule has 32 heavy (non-hydrogen) atoms. The summed E-state index contributed by atoms with van der Waals surface area (Å²) < 4.78 is 16.3. The minimum absolute atomic E-state index is 0.191. The molecule has 1 N–H and O–H groups in total. The number of nitrogens with one attached hydrogen (secondary N) is 1. The maximum absolute atomic E-state index is 12.5. The summed E-state index contributed by atoms with van der Waals surface area (Å²) in [5.41, 5.74) is 3.62. The number of methoxy groups -OCH3 is 1. The number of ether oxygens (including phenoxy) is 3. The van der Waals surface area contributed by atoms with Crippen molar-refractivity contribution in [1.29, 1.82) is 0 Å². The molecule has 1 aliphatic heterocycles. The normalized spacial score (nSPS) is 14.8. The molecule has 7 nitrogen and oxygen atoms in total. The number of carbonyl (C=O) groups is 1. The first-order chi connectivity index (χ1) is 15.6. The molecule has 1 aliphatic rings. The number of morpholine rings is 1. The van der Waals surface area contributed by atoms with Gasteiger partial charge in [-0.25, -0.2) is 4.98 Å². The van der Waals surface area contributed by atoms with Gasteiger partial charge in [-0.1, -0.05) is 24.3 Å². The van der Waals surface area contributed by atoms with Gasteiger partial charge in [-0.05, 0) is 36.8 Å². The van der Waals surface area contributed by atoms with Crippen molar-refractivity contribution in [2.45, 2.75) is 19.6 Å². The van der Waals surface area contributed by atoms with E-state index in [4.69, 9.17) is 19.2 Å². The summed E-state index contributed by atoms with van der Waals surface area (Å²) in [5.74, 6) is 0.574. The van der Waals surface area contributed by atoms with Crippen LogP contribution >= 0.6 is 11.3 Å². The highest BCUT2D eigenvalue weighted by Crippen LogP contribution is 2.28. The topological polar surface area (TPSA) is 72.9 Å². The van der Waals surface area contributed by atoms with Gasteiger partial charge in [-0.15, -0.1) is 11.3 Å². The van der Waals surface area contributed by atoms with E-state index in [1.807, 2.05) is 48.5 Å². The molecule has 1 atom stereocenters. The van der Waals surface area contributed by atoms with Crippen molar-refractivity contribution < 1.29 is 19.0 Å². The van der Waals surface area contributed by atoms with Gasteiger partial charge in [0.15, 0.2) is 5.13 Å². The van der Waals surface area contributed by atoms with Gasteiger partial charge in [0.05, 0.1) is 32.6 Å². The fourth-order valence-corrected chi connectivity index (χ4v) is 4.21. The van der Waals surface area contributed by atoms with Crippen LogP contribution in [0.5, 0.6) is 5.75 Å². The molecule has 2 aromatic carbocycles. The number of thiazole rings is 1. The predicted molar refractivity (Wildman–Crippen MR) is 126 cm³/mol. The fourth-order valence-electron chi connectivity index (χ4n) is 3.32. The van der Waals surface area contributed by atoms with Gasteiger partial charge in [0.2, 0.25) is 0 Å². The van der Waals surface area contributed by atoms with Crippen LogP contribution in [0.25, 0.3) is 11.3 Å². The molecule has 0 bridgehead atoms. The van der Waals surface area contributed by atoms with E-state index in [2.05, 4.69) is 15.6 Å². The average molecular weight is 454 g/mol. The van der Waals surface area contributed by atoms with E-state index < -0.39 is 6.10 Å². The van der Waals surface area contributed by atoms with Gasteiger partial charge < -0.3 is 24.4 Å². The Morgan fingerprint density at radius 1 is 1.22 bits per heavy atom. The van der Waals surface area contributed by atoms with Crippen LogP contribution in [0, 0.1) is 0 Å². The molecule has 1 saturated heterocycles. The lowest BCUT2D eigenvalue weighted by Crippen LogP contribution is -2.36. The second kappa shape index (κ2) is 10.6. The summed E-state index contributed by atoms with van der Waals surface area (Å²) in [6, 6.07) is 15.3. The van der Waals surface area contributed by atoms with Crippen molar-refractivity contribution in [2.75, 3.05) is 43.6 Å². The largest absolute Gasteiger partial charge is 0.497 e. The number of hydrogen-bond donors (Lipinski definition) is 1. The summed E-state index contributed by atoms with van der Waals surface area (Å²) in [5, 5.41) is 5.99. The molecule has 1 fully saturated rings. The van der Waals surface area contributed by atoms with Crippen LogP contribution in [0.2, 0.25) is 0 Å². The molecule has 2 heterocycles. The van der Waals surface area contributed by atoms with Gasteiger partial charge in [0, 0.05) is 29.7 Å². The molecule has 3 aromatic rings. The SMILES string of the molecule is COc1cccc(COC(C)C(=O)Nc2ccc(-c3csc(N4CCOCC4)n3)cc2)c1. The molecule has 168 valence electrons. The standard InChI is InChI=1S/C24H27N3O4S/c1-17(31-15-18-4-3-5-21(14-18)29-2)23(28)25-20-8-6-19(7-9-20)22-16-32-24(26-22)27-10-12-30-13-11-27/h3-9,14,16-17H,10-13,15H2,1-2H3,(H,25,28). The molecule has 1 aromatic heterocycles. The molecule has 0 aliphatic carbocycles. The van der Waals surface area contributed by atoms with E-state index in [1.165, 1.54) is 0 Å². The van der Waals surface area contributed by atoms with E-state index in [-0.39, 0.29) is 5.91 Å². The van der Waals surface area contributed by atoms with Gasteiger partial charge in [0.25, 0.3) is 5.91 Å². The molecular formula is C24H27N3O4S. The molecule has 8 heteroatoms. The first-order valence-corrected chi connectivity index (χ1v) is 11.4. The molecule has 0 radical (unpaired) electrons. The summed E-state index contributed by atoms with van der Waals surface area (Å²) >= 11 is 1.64. The summed E-state index contributed by atoms with van der Waals surface area (Å²) in [6.07, 6.45) is -0.588. The minimum atomic E-state index is -0.588. The summed E-state index contributed by atoms with van der Waals surface area (Å²) in [4.78, 5) is 19.5. The smallest absolute Gasteiger partial charge is 0.253 e. The van der Waals surface area contributed by atoms with Crippen LogP contribution in [0.1, 0.15) is 12.5 Å². The molecular weight excluding hydrogens is 426 g/mol. The maximum Gasteiger partial charge on any atom is 0.253 e. The molecule has 4 rings (SSSR count). The lowest BCUT2D eigenvalue weighted by molar-refractivity contribution is -0.127. The number of amides is 1. The number of rotatable bonds is 8. The predicted octanol–water partition coefficient (Wildman–Crippen LogP) is 4.20. The average Bonchev–Trinajstić information content (AvgIpc) is 3.34. The highest BCUT2D eigenvalue weighted by atomic mass is 32.1. The zero-order valence-corrected chi connectivity index (χ0v) is 19.1. The Hall–Kier alpha value is -2.94. The summed E-state index contributed by atoms with van der Waals surface area (Å²) in [6.45, 7) is 5.30. The van der Waals surface area contributed by atoms with Crippen LogP contribution in [-0.2, 0) is 20.9 Å². The Labute approximate surface area is 191 Å². The van der Waals surface area contributed by atoms with E-state index in [9.17, 15) is 4.79 Å². The zero-order valence-electron chi connectivity index (χ0n) is 18.2. The van der Waals surface area contributed by atoms with Crippen LogP contribution in [0.4, 0.5) is 10.8 Å². The number of benzene rings is 2. The Balaban J connectivity index is 1.31. The zero-order chi connectivity index (χ0) is 22.3. The van der Waals surface area contributed by atoms with Gasteiger partial charge in [0.1, 0.15) is 11.9 Å². The van der Waals surface area contributed by atoms with Gasteiger partial charge >= 0.3 is 0 Å². The minimum Gasteiger partial charge on any atom is -0.497 e. The van der Waals surface area contributed by atoms with E-state index in [0.29, 0.717) is 6.61 Å². The van der Waals surface area contributed by atoms with Crippen molar-refractivity contribution >= 4 is 28.1 Å². The number of aromatic nitrogens is 1. The van der Waals surface area contributed by atoms with Crippen LogP contribution in [0.3, 0.4) is 0 Å². The monoisotopic (exact) mass is 453 g/mol. The Morgan fingerprint density at radius 2 is 2.00 bits per heavy atom. The van der Waals surface area contributed by atoms with Crippen molar-refractivity contribution in [3.05, 3.63) is 59.5 Å². The first-order valence-electron chi connectivity index (χ1n) is 10.6. The van der Waals surface area contributed by atoms with Gasteiger partial charge in [-0.3, -0.25) is 4.79 Å². The Bertz CT molecular complexity index is 1030. The molecule has 1 unspecified atom stereocenters. The number of hydrogen-bond acceptors (Lipinski definition) is 7. The number of nitrogens with zero attached hydrogens (tertiary/aromatic N) is 2. The van der Waals surface area contributed by atoms with Crippen molar-refractivity contribution in [2.24, 2.45) is 0 Å². The second-order valence-corrected chi connectivity index (χ2v) is 8.32. The first kappa shape index (κ1) is 22.3. The molecule has 1 amide bonds. The van der Waals surface area contributed by atoms with Crippen LogP contribution < -0.4 is 15.0 Å². The highest BCUT2D eigenvalue weighted by molar-refractivity contribution is 7.14. The van der Waals surface area contributed by atoms with Crippen LogP contribution in [-0.4, -0.2) is 50.4 Å². The van der Waals surface area contributed by atoms with Crippen LogP contribution in [0.15, 0.2) is 53.9 Å².